The Morgan fingerprint density at radius 3 is 2.45 bits per heavy atom. The van der Waals surface area contributed by atoms with E-state index in [0.29, 0.717) is 6.54 Å². The number of ether oxygens (including phenoxy) is 1. The van der Waals surface area contributed by atoms with Crippen molar-refractivity contribution in [3.05, 3.63) is 48.7 Å². The number of nitrogens with zero attached hydrogens (tertiary/aromatic N) is 3. The number of hydrogen-bond donors (Lipinski definition) is 1. The first-order valence-corrected chi connectivity index (χ1v) is 6.58. The third-order valence-corrected chi connectivity index (χ3v) is 2.86. The quantitative estimate of drug-likeness (QED) is 0.529. The maximum Gasteiger partial charge on any atom is 0.350 e. The van der Waals surface area contributed by atoms with Crippen molar-refractivity contribution < 1.29 is 26.3 Å². The molecule has 0 spiro atoms. The fourth-order valence-electron chi connectivity index (χ4n) is 1.77. The molecule has 0 aliphatic heterocycles. The maximum atomic E-state index is 5.54. The Labute approximate surface area is 151 Å². The molecule has 1 aromatic heterocycles. The fourth-order valence-corrected chi connectivity index (χ4v) is 1.77. The Morgan fingerprint density at radius 1 is 1.09 bits per heavy atom. The molecule has 0 amide bonds. The molecule has 0 saturated heterocycles. The molecule has 0 aliphatic rings. The Morgan fingerprint density at radius 2 is 1.82 bits per heavy atom. The molecule has 5 nitrogen and oxygen atoms in total. The zero-order valence-electron chi connectivity index (χ0n) is 12.4. The highest BCUT2D eigenvalue weighted by Crippen LogP contribution is 2.19. The van der Waals surface area contributed by atoms with Crippen LogP contribution < -0.4 is 32.0 Å². The second-order valence-corrected chi connectivity index (χ2v) is 4.29. The molecule has 0 atom stereocenters. The average Bonchev–Trinajstić information content (AvgIpc) is 2.52. The molecule has 2 rings (SSSR count). The van der Waals surface area contributed by atoms with Gasteiger partial charge in [0.2, 0.25) is 0 Å². The van der Waals surface area contributed by atoms with E-state index in [1.54, 1.807) is 7.11 Å². The molecule has 7 heteroatoms. The molecule has 0 radical (unpaired) electrons. The highest BCUT2D eigenvalue weighted by Gasteiger charge is 2.07. The van der Waals surface area contributed by atoms with Crippen molar-refractivity contribution in [1.29, 1.82) is 0 Å². The Balaban J connectivity index is 0.00000220. The van der Waals surface area contributed by atoms with Crippen LogP contribution in [0.3, 0.4) is 0 Å². The summed E-state index contributed by atoms with van der Waals surface area (Å²) in [7, 11) is 1.64. The highest BCUT2D eigenvalue weighted by molar-refractivity contribution is 8.93. The van der Waals surface area contributed by atoms with Crippen molar-refractivity contribution >= 4 is 28.5 Å². The second kappa shape index (κ2) is 11.3. The van der Waals surface area contributed by atoms with Crippen LogP contribution >= 0.6 is 17.0 Å². The van der Waals surface area contributed by atoms with Crippen LogP contribution in [0.4, 0.5) is 11.5 Å². The SMILES string of the molecule is Br.COc1ccc(/N=N/c2cccc[n+]2CCCN)cc1.[Br-]. The molecule has 1 heterocycles. The number of methoxy groups -OCH3 is 1. The van der Waals surface area contributed by atoms with Gasteiger partial charge in [0.1, 0.15) is 11.4 Å². The van der Waals surface area contributed by atoms with Crippen LogP contribution in [0.5, 0.6) is 5.75 Å². The van der Waals surface area contributed by atoms with E-state index >= 15 is 0 Å². The summed E-state index contributed by atoms with van der Waals surface area (Å²) in [6, 6.07) is 13.3. The lowest BCUT2D eigenvalue weighted by molar-refractivity contribution is -0.684. The molecule has 0 unspecified atom stereocenters. The predicted molar refractivity (Wildman–Crippen MR) is 87.8 cm³/mol. The van der Waals surface area contributed by atoms with E-state index in [-0.39, 0.29) is 34.0 Å². The number of hydrogen-bond acceptors (Lipinski definition) is 4. The van der Waals surface area contributed by atoms with Crippen molar-refractivity contribution in [3.63, 3.8) is 0 Å². The van der Waals surface area contributed by atoms with Gasteiger partial charge in [-0.2, -0.15) is 0 Å². The molecule has 2 aromatic rings. The standard InChI is InChI=1S/C15H19N4O.2BrH/c1-20-14-8-6-13(7-9-14)17-18-15-5-2-3-11-19(15)12-4-10-16;;/h2-3,5-9,11H,4,10,12,16H2,1H3;2*1H/q+1;;/p-1. The Bertz CT molecular complexity index is 576. The molecular weight excluding hydrogens is 412 g/mol. The van der Waals surface area contributed by atoms with Gasteiger partial charge in [-0.05, 0) is 48.4 Å². The van der Waals surface area contributed by atoms with Crippen LogP contribution in [0.15, 0.2) is 58.9 Å². The van der Waals surface area contributed by atoms with E-state index in [1.165, 1.54) is 0 Å². The highest BCUT2D eigenvalue weighted by atomic mass is 79.9. The van der Waals surface area contributed by atoms with Crippen LogP contribution in [-0.4, -0.2) is 13.7 Å². The molecule has 0 fully saturated rings. The summed E-state index contributed by atoms with van der Waals surface area (Å²) in [6.07, 6.45) is 2.90. The summed E-state index contributed by atoms with van der Waals surface area (Å²) in [5, 5.41) is 8.53. The van der Waals surface area contributed by atoms with Gasteiger partial charge in [0.25, 0.3) is 0 Å². The maximum absolute atomic E-state index is 5.54. The Hall–Kier alpha value is -1.31. The second-order valence-electron chi connectivity index (χ2n) is 4.29. The lowest BCUT2D eigenvalue weighted by atomic mass is 10.3. The fraction of sp³-hybridized carbons (Fsp3) is 0.267. The first-order chi connectivity index (χ1) is 9.83. The van der Waals surface area contributed by atoms with Gasteiger partial charge in [-0.15, -0.1) is 17.0 Å². The van der Waals surface area contributed by atoms with Crippen LogP contribution in [-0.2, 0) is 6.54 Å². The normalized spacial score (nSPS) is 9.91. The van der Waals surface area contributed by atoms with Gasteiger partial charge in [0.15, 0.2) is 0 Å². The number of aryl methyl sites for hydroxylation is 1. The summed E-state index contributed by atoms with van der Waals surface area (Å²) in [4.78, 5) is 0. The third kappa shape index (κ3) is 6.21. The van der Waals surface area contributed by atoms with E-state index in [4.69, 9.17) is 10.5 Å². The van der Waals surface area contributed by atoms with Gasteiger partial charge in [-0.25, -0.2) is 4.57 Å². The van der Waals surface area contributed by atoms with E-state index in [0.717, 1.165) is 30.2 Å². The number of nitrogens with two attached hydrogens (primary N) is 1. The van der Waals surface area contributed by atoms with Crippen LogP contribution in [0.2, 0.25) is 0 Å². The minimum absolute atomic E-state index is 0. The molecule has 120 valence electrons. The van der Waals surface area contributed by atoms with Crippen LogP contribution in [0, 0.1) is 0 Å². The van der Waals surface area contributed by atoms with Gasteiger partial charge in [-0.1, -0.05) is 6.07 Å². The molecule has 2 N–H and O–H groups in total. The van der Waals surface area contributed by atoms with Crippen molar-refractivity contribution in [2.24, 2.45) is 16.0 Å². The monoisotopic (exact) mass is 430 g/mol. The van der Waals surface area contributed by atoms with Gasteiger partial charge < -0.3 is 27.5 Å². The smallest absolute Gasteiger partial charge is 0.350 e. The first-order valence-electron chi connectivity index (χ1n) is 6.58. The molecule has 0 bridgehead atoms. The first kappa shape index (κ1) is 20.7. The number of aromatic nitrogens is 1. The zero-order chi connectivity index (χ0) is 14.2. The van der Waals surface area contributed by atoms with E-state index in [9.17, 15) is 0 Å². The molecule has 22 heavy (non-hydrogen) atoms. The average molecular weight is 432 g/mol. The van der Waals surface area contributed by atoms with Gasteiger partial charge in [0.05, 0.1) is 25.0 Å². The van der Waals surface area contributed by atoms with Crippen LogP contribution in [0.1, 0.15) is 6.42 Å². The van der Waals surface area contributed by atoms with Crippen LogP contribution in [0.25, 0.3) is 0 Å². The minimum atomic E-state index is 0. The zero-order valence-corrected chi connectivity index (χ0v) is 15.7. The van der Waals surface area contributed by atoms with E-state index < -0.39 is 0 Å². The molecule has 0 saturated carbocycles. The minimum Gasteiger partial charge on any atom is -1.00 e. The number of rotatable bonds is 6. The third-order valence-electron chi connectivity index (χ3n) is 2.86. The van der Waals surface area contributed by atoms with Crippen molar-refractivity contribution in [1.82, 2.24) is 0 Å². The number of benzene rings is 1. The van der Waals surface area contributed by atoms with Crippen molar-refractivity contribution in [2.75, 3.05) is 13.7 Å². The number of azo groups is 1. The predicted octanol–water partition coefficient (Wildman–Crippen LogP) is 0.329. The molecule has 1 aromatic carbocycles. The molecular formula is C15H20Br2N4O. The van der Waals surface area contributed by atoms with Gasteiger partial charge >= 0.3 is 5.82 Å². The summed E-state index contributed by atoms with van der Waals surface area (Å²) in [6.45, 7) is 1.51. The van der Waals surface area contributed by atoms with E-state index in [2.05, 4.69) is 10.2 Å². The summed E-state index contributed by atoms with van der Waals surface area (Å²) < 4.78 is 7.15. The van der Waals surface area contributed by atoms with Gasteiger partial charge in [0, 0.05) is 6.07 Å². The van der Waals surface area contributed by atoms with Crippen molar-refractivity contribution in [3.8, 4) is 5.75 Å². The Kier molecular flexibility index (Phi) is 10.6. The molecule has 0 aliphatic carbocycles. The summed E-state index contributed by atoms with van der Waals surface area (Å²) >= 11 is 0. The largest absolute Gasteiger partial charge is 1.00 e. The van der Waals surface area contributed by atoms with E-state index in [1.807, 2.05) is 53.2 Å². The number of halogens is 2. The summed E-state index contributed by atoms with van der Waals surface area (Å²) in [5.74, 6) is 1.62. The topological polar surface area (TPSA) is 63.9 Å². The number of pyridine rings is 1. The lowest BCUT2D eigenvalue weighted by Crippen LogP contribution is -3.00. The van der Waals surface area contributed by atoms with Gasteiger partial charge in [-0.3, -0.25) is 0 Å². The summed E-state index contributed by atoms with van der Waals surface area (Å²) in [5.41, 5.74) is 6.33. The van der Waals surface area contributed by atoms with Crippen molar-refractivity contribution in [2.45, 2.75) is 13.0 Å². The lowest BCUT2D eigenvalue weighted by Gasteiger charge is -1.99.